The highest BCUT2D eigenvalue weighted by Gasteiger charge is 1.98. The lowest BCUT2D eigenvalue weighted by Gasteiger charge is -2.07. The Morgan fingerprint density at radius 1 is 1.53 bits per heavy atom. The summed E-state index contributed by atoms with van der Waals surface area (Å²) in [6.07, 6.45) is 1.06. The minimum Gasteiger partial charge on any atom is -0.484 e. The van der Waals surface area contributed by atoms with Crippen molar-refractivity contribution in [1.82, 2.24) is 0 Å². The standard InChI is InChI=1S/C11H16N2O2/c1-2-6-13-9-4-3-5-10(7-9)15-8-11(12)14/h3-5,7,13H,2,6,8H2,1H3,(H2,12,14). The molecule has 15 heavy (non-hydrogen) atoms. The highest BCUT2D eigenvalue weighted by molar-refractivity contribution is 5.75. The van der Waals surface area contributed by atoms with Gasteiger partial charge in [0.05, 0.1) is 0 Å². The number of amides is 1. The number of nitrogens with two attached hydrogens (primary N) is 1. The molecule has 0 bridgehead atoms. The monoisotopic (exact) mass is 208 g/mol. The molecule has 0 heterocycles. The van der Waals surface area contributed by atoms with Crippen LogP contribution in [0.15, 0.2) is 24.3 Å². The number of anilines is 1. The topological polar surface area (TPSA) is 64.3 Å². The Kier molecular flexibility index (Phi) is 4.47. The van der Waals surface area contributed by atoms with Crippen molar-refractivity contribution in [2.45, 2.75) is 13.3 Å². The van der Waals surface area contributed by atoms with Gasteiger partial charge >= 0.3 is 0 Å². The number of benzene rings is 1. The van der Waals surface area contributed by atoms with Crippen LogP contribution in [0.5, 0.6) is 5.75 Å². The average Bonchev–Trinajstić information content (AvgIpc) is 2.24. The van der Waals surface area contributed by atoms with Crippen molar-refractivity contribution >= 4 is 11.6 Å². The Labute approximate surface area is 89.4 Å². The van der Waals surface area contributed by atoms with Gasteiger partial charge in [-0.05, 0) is 18.6 Å². The molecule has 0 aliphatic carbocycles. The van der Waals surface area contributed by atoms with Crippen LogP contribution < -0.4 is 15.8 Å². The minimum absolute atomic E-state index is 0.0861. The van der Waals surface area contributed by atoms with Crippen LogP contribution in [0.25, 0.3) is 0 Å². The number of ether oxygens (including phenoxy) is 1. The van der Waals surface area contributed by atoms with E-state index in [1.165, 1.54) is 0 Å². The summed E-state index contributed by atoms with van der Waals surface area (Å²) in [7, 11) is 0. The van der Waals surface area contributed by atoms with Crippen LogP contribution in [0.1, 0.15) is 13.3 Å². The van der Waals surface area contributed by atoms with Gasteiger partial charge in [-0.1, -0.05) is 13.0 Å². The lowest BCUT2D eigenvalue weighted by atomic mass is 10.3. The fourth-order valence-corrected chi connectivity index (χ4v) is 1.12. The van der Waals surface area contributed by atoms with Crippen molar-refractivity contribution < 1.29 is 9.53 Å². The summed E-state index contributed by atoms with van der Waals surface area (Å²) in [6.45, 7) is 2.93. The second-order valence-electron chi connectivity index (χ2n) is 3.21. The maximum atomic E-state index is 10.5. The Balaban J connectivity index is 2.53. The van der Waals surface area contributed by atoms with Gasteiger partial charge in [-0.3, -0.25) is 4.79 Å². The zero-order valence-electron chi connectivity index (χ0n) is 8.82. The molecule has 0 atom stereocenters. The summed E-state index contributed by atoms with van der Waals surface area (Å²) in [5.41, 5.74) is 5.96. The van der Waals surface area contributed by atoms with Crippen LogP contribution in [0.2, 0.25) is 0 Å². The number of hydrogen-bond acceptors (Lipinski definition) is 3. The third-order valence-corrected chi connectivity index (χ3v) is 1.79. The highest BCUT2D eigenvalue weighted by Crippen LogP contribution is 2.16. The van der Waals surface area contributed by atoms with Gasteiger partial charge in [0, 0.05) is 18.3 Å². The molecule has 4 heteroatoms. The van der Waals surface area contributed by atoms with Crippen molar-refractivity contribution in [2.24, 2.45) is 5.73 Å². The molecule has 1 amide bonds. The zero-order valence-corrected chi connectivity index (χ0v) is 8.82. The first-order valence-corrected chi connectivity index (χ1v) is 4.97. The summed E-state index contributed by atoms with van der Waals surface area (Å²) in [4.78, 5) is 10.5. The van der Waals surface area contributed by atoms with Crippen LogP contribution >= 0.6 is 0 Å². The SMILES string of the molecule is CCCNc1cccc(OCC(N)=O)c1. The van der Waals surface area contributed by atoms with E-state index in [4.69, 9.17) is 10.5 Å². The molecule has 0 aliphatic rings. The van der Waals surface area contributed by atoms with Gasteiger partial charge in [-0.15, -0.1) is 0 Å². The maximum Gasteiger partial charge on any atom is 0.255 e. The van der Waals surface area contributed by atoms with Crippen molar-refractivity contribution in [2.75, 3.05) is 18.5 Å². The Bertz CT molecular complexity index is 326. The first-order chi connectivity index (χ1) is 7.22. The van der Waals surface area contributed by atoms with Gasteiger partial charge in [0.2, 0.25) is 0 Å². The number of primary amides is 1. The molecular weight excluding hydrogens is 192 g/mol. The molecule has 0 spiro atoms. The van der Waals surface area contributed by atoms with E-state index in [-0.39, 0.29) is 6.61 Å². The van der Waals surface area contributed by atoms with Crippen LogP contribution in [-0.2, 0) is 4.79 Å². The lowest BCUT2D eigenvalue weighted by molar-refractivity contribution is -0.119. The molecule has 82 valence electrons. The van der Waals surface area contributed by atoms with Crippen molar-refractivity contribution in [3.8, 4) is 5.75 Å². The average molecular weight is 208 g/mol. The van der Waals surface area contributed by atoms with Gasteiger partial charge in [0.25, 0.3) is 5.91 Å². The van der Waals surface area contributed by atoms with E-state index in [2.05, 4.69) is 12.2 Å². The van der Waals surface area contributed by atoms with E-state index < -0.39 is 5.91 Å². The molecule has 1 rings (SSSR count). The molecule has 0 radical (unpaired) electrons. The van der Waals surface area contributed by atoms with Gasteiger partial charge in [0.1, 0.15) is 5.75 Å². The van der Waals surface area contributed by atoms with Crippen molar-refractivity contribution in [3.63, 3.8) is 0 Å². The van der Waals surface area contributed by atoms with Gasteiger partial charge in [-0.2, -0.15) is 0 Å². The first-order valence-electron chi connectivity index (χ1n) is 4.97. The summed E-state index contributed by atoms with van der Waals surface area (Å²) in [5.74, 6) is 0.178. The molecule has 0 saturated carbocycles. The maximum absolute atomic E-state index is 10.5. The van der Waals surface area contributed by atoms with Gasteiger partial charge in [0.15, 0.2) is 6.61 Å². The summed E-state index contributed by atoms with van der Waals surface area (Å²) < 4.78 is 5.17. The molecule has 1 aromatic rings. The molecule has 4 nitrogen and oxygen atoms in total. The molecule has 0 fully saturated rings. The van der Waals surface area contributed by atoms with Crippen LogP contribution in [0, 0.1) is 0 Å². The van der Waals surface area contributed by atoms with E-state index in [0.29, 0.717) is 5.75 Å². The molecule has 0 aliphatic heterocycles. The number of carbonyl (C=O) groups is 1. The number of carbonyl (C=O) groups excluding carboxylic acids is 1. The van der Waals surface area contributed by atoms with Crippen molar-refractivity contribution in [3.05, 3.63) is 24.3 Å². The minimum atomic E-state index is -0.470. The van der Waals surface area contributed by atoms with E-state index in [1.54, 1.807) is 6.07 Å². The summed E-state index contributed by atoms with van der Waals surface area (Å²) >= 11 is 0. The van der Waals surface area contributed by atoms with E-state index in [1.807, 2.05) is 18.2 Å². The van der Waals surface area contributed by atoms with Crippen LogP contribution in [0.4, 0.5) is 5.69 Å². The van der Waals surface area contributed by atoms with Crippen LogP contribution in [-0.4, -0.2) is 19.1 Å². The number of rotatable bonds is 6. The van der Waals surface area contributed by atoms with Gasteiger partial charge < -0.3 is 15.8 Å². The Morgan fingerprint density at radius 2 is 2.33 bits per heavy atom. The van der Waals surface area contributed by atoms with E-state index in [0.717, 1.165) is 18.7 Å². The Hall–Kier alpha value is -1.71. The van der Waals surface area contributed by atoms with E-state index >= 15 is 0 Å². The summed E-state index contributed by atoms with van der Waals surface area (Å²) in [6, 6.07) is 7.46. The van der Waals surface area contributed by atoms with Crippen molar-refractivity contribution in [1.29, 1.82) is 0 Å². The summed E-state index contributed by atoms with van der Waals surface area (Å²) in [5, 5.41) is 3.23. The fourth-order valence-electron chi connectivity index (χ4n) is 1.12. The third kappa shape index (κ3) is 4.35. The highest BCUT2D eigenvalue weighted by atomic mass is 16.5. The molecule has 1 aromatic carbocycles. The second kappa shape index (κ2) is 5.90. The zero-order chi connectivity index (χ0) is 11.1. The van der Waals surface area contributed by atoms with Gasteiger partial charge in [-0.25, -0.2) is 0 Å². The molecule has 3 N–H and O–H groups in total. The predicted octanol–water partition coefficient (Wildman–Crippen LogP) is 1.37. The number of nitrogens with one attached hydrogen (secondary N) is 1. The first kappa shape index (κ1) is 11.4. The second-order valence-corrected chi connectivity index (χ2v) is 3.21. The molecular formula is C11H16N2O2. The fraction of sp³-hybridized carbons (Fsp3) is 0.364. The molecule has 0 saturated heterocycles. The Morgan fingerprint density at radius 3 is 3.00 bits per heavy atom. The molecule has 0 unspecified atom stereocenters. The lowest BCUT2D eigenvalue weighted by Crippen LogP contribution is -2.20. The van der Waals surface area contributed by atoms with Crippen LogP contribution in [0.3, 0.4) is 0 Å². The normalized spacial score (nSPS) is 9.67. The van der Waals surface area contributed by atoms with E-state index in [9.17, 15) is 4.79 Å². The third-order valence-electron chi connectivity index (χ3n) is 1.79. The predicted molar refractivity (Wildman–Crippen MR) is 59.9 cm³/mol. The largest absolute Gasteiger partial charge is 0.484 e. The quantitative estimate of drug-likeness (QED) is 0.742. The molecule has 0 aromatic heterocycles. The number of hydrogen-bond donors (Lipinski definition) is 2. The smallest absolute Gasteiger partial charge is 0.255 e.